The SMILES string of the molecule is CCC1(C)Cc2ccccc2-c2[nH]c(=O)n(-c3ccccc3OC)c(=O)c21. The number of rotatable bonds is 3. The van der Waals surface area contributed by atoms with Gasteiger partial charge in [0.25, 0.3) is 5.56 Å². The van der Waals surface area contributed by atoms with Gasteiger partial charge in [0.15, 0.2) is 0 Å². The van der Waals surface area contributed by atoms with Gasteiger partial charge < -0.3 is 9.72 Å². The van der Waals surface area contributed by atoms with Crippen molar-refractivity contribution in [2.24, 2.45) is 0 Å². The minimum absolute atomic E-state index is 0.280. The summed E-state index contributed by atoms with van der Waals surface area (Å²) in [5, 5.41) is 0. The fraction of sp³-hybridized carbons (Fsp3) is 0.273. The molecule has 1 aliphatic rings. The van der Waals surface area contributed by atoms with Gasteiger partial charge in [-0.15, -0.1) is 0 Å². The van der Waals surface area contributed by atoms with Gasteiger partial charge in [-0.05, 0) is 30.5 Å². The summed E-state index contributed by atoms with van der Waals surface area (Å²) >= 11 is 0. The first-order chi connectivity index (χ1) is 13.0. The summed E-state index contributed by atoms with van der Waals surface area (Å²) in [6.07, 6.45) is 1.56. The van der Waals surface area contributed by atoms with E-state index in [1.807, 2.05) is 24.3 Å². The van der Waals surface area contributed by atoms with Crippen molar-refractivity contribution in [1.82, 2.24) is 9.55 Å². The van der Waals surface area contributed by atoms with E-state index in [-0.39, 0.29) is 11.0 Å². The van der Waals surface area contributed by atoms with E-state index in [0.29, 0.717) is 22.7 Å². The van der Waals surface area contributed by atoms with Crippen LogP contribution in [0.3, 0.4) is 0 Å². The van der Waals surface area contributed by atoms with E-state index in [0.717, 1.165) is 24.0 Å². The zero-order chi connectivity index (χ0) is 19.2. The van der Waals surface area contributed by atoms with Crippen LogP contribution in [0.1, 0.15) is 31.4 Å². The van der Waals surface area contributed by atoms with Crippen LogP contribution < -0.4 is 16.0 Å². The minimum Gasteiger partial charge on any atom is -0.495 e. The fourth-order valence-electron chi connectivity index (χ4n) is 4.06. The van der Waals surface area contributed by atoms with Crippen LogP contribution >= 0.6 is 0 Å². The van der Waals surface area contributed by atoms with Crippen LogP contribution in [0.15, 0.2) is 58.1 Å². The van der Waals surface area contributed by atoms with Crippen LogP contribution in [0.2, 0.25) is 0 Å². The van der Waals surface area contributed by atoms with Crippen LogP contribution in [0.4, 0.5) is 0 Å². The van der Waals surface area contributed by atoms with Gasteiger partial charge in [0.05, 0.1) is 18.5 Å². The molecular formula is C22H22N2O3. The Morgan fingerprint density at radius 3 is 2.56 bits per heavy atom. The summed E-state index contributed by atoms with van der Waals surface area (Å²) in [5.41, 5.74) is 2.74. The number of fused-ring (bicyclic) bond motifs is 3. The van der Waals surface area contributed by atoms with E-state index in [9.17, 15) is 9.59 Å². The third kappa shape index (κ3) is 2.53. The molecule has 0 aliphatic heterocycles. The standard InChI is InChI=1S/C22H22N2O3/c1-4-22(2)13-14-9-5-6-10-15(14)19-18(22)20(25)24(21(26)23-19)16-11-7-8-12-17(16)27-3/h5-12H,4,13H2,1-3H3,(H,23,26). The molecule has 0 saturated carbocycles. The Morgan fingerprint density at radius 1 is 1.11 bits per heavy atom. The third-order valence-electron chi connectivity index (χ3n) is 5.68. The maximum atomic E-state index is 13.6. The Labute approximate surface area is 157 Å². The molecule has 5 nitrogen and oxygen atoms in total. The van der Waals surface area contributed by atoms with Crippen LogP contribution in [-0.2, 0) is 11.8 Å². The number of hydrogen-bond donors (Lipinski definition) is 1. The maximum Gasteiger partial charge on any atom is 0.333 e. The second kappa shape index (κ2) is 6.27. The second-order valence-electron chi connectivity index (χ2n) is 7.24. The molecule has 0 saturated heterocycles. The van der Waals surface area contributed by atoms with Gasteiger partial charge in [-0.3, -0.25) is 4.79 Å². The van der Waals surface area contributed by atoms with Crippen molar-refractivity contribution in [2.45, 2.75) is 32.1 Å². The highest BCUT2D eigenvalue weighted by Gasteiger charge is 2.37. The van der Waals surface area contributed by atoms with Gasteiger partial charge in [-0.2, -0.15) is 0 Å². The van der Waals surface area contributed by atoms with Gasteiger partial charge in [-0.1, -0.05) is 50.2 Å². The van der Waals surface area contributed by atoms with Gasteiger partial charge in [0.2, 0.25) is 0 Å². The molecular weight excluding hydrogens is 340 g/mol. The van der Waals surface area contributed by atoms with E-state index in [4.69, 9.17) is 4.74 Å². The van der Waals surface area contributed by atoms with Gasteiger partial charge in [0, 0.05) is 16.5 Å². The molecule has 1 unspecified atom stereocenters. The van der Waals surface area contributed by atoms with Gasteiger partial charge in [-0.25, -0.2) is 9.36 Å². The number of benzene rings is 2. The second-order valence-corrected chi connectivity index (χ2v) is 7.24. The zero-order valence-corrected chi connectivity index (χ0v) is 15.7. The lowest BCUT2D eigenvalue weighted by atomic mass is 9.69. The molecule has 0 amide bonds. The molecule has 0 spiro atoms. The van der Waals surface area contributed by atoms with Crippen molar-refractivity contribution in [2.75, 3.05) is 7.11 Å². The summed E-state index contributed by atoms with van der Waals surface area (Å²) in [5.74, 6) is 0.486. The van der Waals surface area contributed by atoms with E-state index >= 15 is 0 Å². The summed E-state index contributed by atoms with van der Waals surface area (Å²) < 4.78 is 6.57. The maximum absolute atomic E-state index is 13.6. The molecule has 138 valence electrons. The van der Waals surface area contributed by atoms with Crippen molar-refractivity contribution in [3.05, 3.63) is 80.5 Å². The molecule has 1 atom stereocenters. The first-order valence-corrected chi connectivity index (χ1v) is 9.11. The molecule has 1 heterocycles. The molecule has 2 aromatic carbocycles. The Morgan fingerprint density at radius 2 is 1.81 bits per heavy atom. The number of nitrogens with one attached hydrogen (secondary N) is 1. The van der Waals surface area contributed by atoms with Crippen LogP contribution in [0.5, 0.6) is 5.75 Å². The number of aromatic amines is 1. The normalized spacial score (nSPS) is 17.9. The lowest BCUT2D eigenvalue weighted by Gasteiger charge is -2.35. The molecule has 27 heavy (non-hydrogen) atoms. The quantitative estimate of drug-likeness (QED) is 0.776. The Hall–Kier alpha value is -3.08. The molecule has 0 fully saturated rings. The number of hydrogen-bond acceptors (Lipinski definition) is 3. The highest BCUT2D eigenvalue weighted by Crippen LogP contribution is 2.41. The molecule has 4 rings (SSSR count). The van der Waals surface area contributed by atoms with Crippen molar-refractivity contribution >= 4 is 0 Å². The van der Waals surface area contributed by atoms with Crippen molar-refractivity contribution in [3.63, 3.8) is 0 Å². The Bertz CT molecular complexity index is 1140. The molecule has 0 bridgehead atoms. The predicted octanol–water partition coefficient (Wildman–Crippen LogP) is 3.43. The average molecular weight is 362 g/mol. The number of ether oxygens (including phenoxy) is 1. The predicted molar refractivity (Wildman–Crippen MR) is 106 cm³/mol. The van der Waals surface area contributed by atoms with Crippen LogP contribution in [-0.4, -0.2) is 16.7 Å². The molecule has 0 radical (unpaired) electrons. The molecule has 1 aromatic heterocycles. The van der Waals surface area contributed by atoms with E-state index in [1.54, 1.807) is 18.2 Å². The highest BCUT2D eigenvalue weighted by molar-refractivity contribution is 5.71. The highest BCUT2D eigenvalue weighted by atomic mass is 16.5. The summed E-state index contributed by atoms with van der Waals surface area (Å²) in [6, 6.07) is 15.0. The first-order valence-electron chi connectivity index (χ1n) is 9.11. The largest absolute Gasteiger partial charge is 0.495 e. The van der Waals surface area contributed by atoms with Crippen molar-refractivity contribution < 1.29 is 4.74 Å². The fourth-order valence-corrected chi connectivity index (χ4v) is 4.06. The molecule has 1 aliphatic carbocycles. The zero-order valence-electron chi connectivity index (χ0n) is 15.7. The number of methoxy groups -OCH3 is 1. The minimum atomic E-state index is -0.460. The summed E-state index contributed by atoms with van der Waals surface area (Å²) in [4.78, 5) is 29.5. The van der Waals surface area contributed by atoms with Crippen molar-refractivity contribution in [1.29, 1.82) is 0 Å². The summed E-state index contributed by atoms with van der Waals surface area (Å²) in [7, 11) is 1.53. The lowest BCUT2D eigenvalue weighted by molar-refractivity contribution is 0.410. The molecule has 3 aromatic rings. The Kier molecular flexibility index (Phi) is 4.02. The summed E-state index contributed by atoms with van der Waals surface area (Å²) in [6.45, 7) is 4.17. The molecule has 1 N–H and O–H groups in total. The third-order valence-corrected chi connectivity index (χ3v) is 5.68. The van der Waals surface area contributed by atoms with E-state index < -0.39 is 5.69 Å². The van der Waals surface area contributed by atoms with E-state index in [1.165, 1.54) is 11.7 Å². The van der Waals surface area contributed by atoms with Gasteiger partial charge >= 0.3 is 5.69 Å². The number of para-hydroxylation sites is 2. The lowest BCUT2D eigenvalue weighted by Crippen LogP contribution is -2.44. The van der Waals surface area contributed by atoms with Crippen LogP contribution in [0, 0.1) is 0 Å². The van der Waals surface area contributed by atoms with Gasteiger partial charge in [0.1, 0.15) is 5.75 Å². The van der Waals surface area contributed by atoms with Crippen LogP contribution in [0.25, 0.3) is 16.9 Å². The Balaban J connectivity index is 2.11. The van der Waals surface area contributed by atoms with Crippen molar-refractivity contribution in [3.8, 4) is 22.7 Å². The average Bonchev–Trinajstić information content (AvgIpc) is 2.68. The number of nitrogens with zero attached hydrogens (tertiary/aromatic N) is 1. The van der Waals surface area contributed by atoms with E-state index in [2.05, 4.69) is 24.9 Å². The monoisotopic (exact) mass is 362 g/mol. The molecule has 5 heteroatoms. The number of aromatic nitrogens is 2. The smallest absolute Gasteiger partial charge is 0.333 e. The number of H-pyrrole nitrogens is 1. The first kappa shape index (κ1) is 17.3. The topological polar surface area (TPSA) is 64.1 Å².